The molecule has 6 heterocycles. The Morgan fingerprint density at radius 3 is 1.27 bits per heavy atom. The molecule has 0 N–H and O–H groups in total. The van der Waals surface area contributed by atoms with Crippen LogP contribution in [0.25, 0.3) is 0 Å². The van der Waals surface area contributed by atoms with Gasteiger partial charge in [-0.25, -0.2) is 0 Å². The van der Waals surface area contributed by atoms with E-state index in [1.807, 2.05) is 0 Å². The maximum atomic E-state index is 2.67. The molecule has 148 valence electrons. The van der Waals surface area contributed by atoms with Crippen LogP contribution in [0.5, 0.6) is 0 Å². The fraction of sp³-hybridized carbons (Fsp3) is 1.00. The second-order valence-corrected chi connectivity index (χ2v) is 31.1. The van der Waals surface area contributed by atoms with E-state index in [2.05, 4.69) is 90.0 Å². The molecule has 0 saturated carbocycles. The van der Waals surface area contributed by atoms with Crippen LogP contribution in [0.2, 0.25) is 0 Å². The molecule has 6 rings (SSSR count). The van der Waals surface area contributed by atoms with Crippen LogP contribution in [-0.2, 0) is 0 Å². The van der Waals surface area contributed by atoms with Gasteiger partial charge in [-0.05, 0) is 6.92 Å². The molecule has 0 aromatic carbocycles. The summed E-state index contributed by atoms with van der Waals surface area (Å²) in [5, 5.41) is 0. The molecule has 0 aromatic heterocycles. The number of hydrogen-bond donors (Lipinski definition) is 0. The Morgan fingerprint density at radius 2 is 1.04 bits per heavy atom. The highest BCUT2D eigenvalue weighted by Crippen LogP contribution is 3.59. The fourth-order valence-electron chi connectivity index (χ4n) is 9.74. The van der Waals surface area contributed by atoms with Gasteiger partial charge in [-0.15, -0.1) is 0 Å². The monoisotopic (exact) mass is 430 g/mol. The third-order valence-electron chi connectivity index (χ3n) is 9.22. The first-order chi connectivity index (χ1) is 11.4. The first-order valence-corrected chi connectivity index (χ1v) is 16.9. The molecule has 4 heteroatoms. The molecule has 0 nitrogen and oxygen atoms in total. The van der Waals surface area contributed by atoms with E-state index in [9.17, 15) is 0 Å². The lowest BCUT2D eigenvalue weighted by molar-refractivity contribution is 0.232. The number of hydrogen-bond acceptors (Lipinski definition) is 0. The molecular weight excluding hydrogens is 388 g/mol. The SMILES string of the molecule is CC[P+]12C3(C(C)(C)C)P4C5(C(C)(C)C)P3C1(C(C)(C)C)[PH+]5C42C(C)(C)C. The van der Waals surface area contributed by atoms with Gasteiger partial charge in [-0.2, -0.15) is 0 Å². The van der Waals surface area contributed by atoms with E-state index < -0.39 is 7.26 Å². The minimum atomic E-state index is -0.872. The van der Waals surface area contributed by atoms with Crippen LogP contribution in [0, 0.1) is 21.7 Å². The highest BCUT2D eigenvalue weighted by molar-refractivity contribution is 8.57. The van der Waals surface area contributed by atoms with Crippen LogP contribution in [0.4, 0.5) is 0 Å². The van der Waals surface area contributed by atoms with Gasteiger partial charge in [-0.1, -0.05) is 83.1 Å². The van der Waals surface area contributed by atoms with E-state index in [1.54, 1.807) is 6.16 Å². The summed E-state index contributed by atoms with van der Waals surface area (Å²) >= 11 is 0. The average Bonchev–Trinajstić information content (AvgIpc) is 2.40. The topological polar surface area (TPSA) is 0 Å². The Kier molecular flexibility index (Phi) is 3.10. The summed E-state index contributed by atoms with van der Waals surface area (Å²) in [6.45, 7) is 34.6. The van der Waals surface area contributed by atoms with Crippen LogP contribution < -0.4 is 0 Å². The van der Waals surface area contributed by atoms with Crippen molar-refractivity contribution in [3.05, 3.63) is 0 Å². The van der Waals surface area contributed by atoms with E-state index >= 15 is 0 Å². The second-order valence-electron chi connectivity index (χ2n) is 13.8. The third-order valence-corrected chi connectivity index (χ3v) is 45.6. The van der Waals surface area contributed by atoms with Crippen LogP contribution in [-0.4, -0.2) is 24.7 Å². The summed E-state index contributed by atoms with van der Waals surface area (Å²) in [4.78, 5) is 0. The van der Waals surface area contributed by atoms with E-state index in [1.165, 1.54) is 0 Å². The predicted octanol–water partition coefficient (Wildman–Crippen LogP) is 9.07. The Bertz CT molecular complexity index is 638. The van der Waals surface area contributed by atoms with Crippen LogP contribution >= 0.6 is 31.0 Å². The molecule has 0 bridgehead atoms. The molecule has 0 aromatic rings. The van der Waals surface area contributed by atoms with Gasteiger partial charge < -0.3 is 0 Å². The number of rotatable bonds is 1. The quantitative estimate of drug-likeness (QED) is 0.364. The van der Waals surface area contributed by atoms with Gasteiger partial charge in [0.1, 0.15) is 15.2 Å². The lowest BCUT2D eigenvalue weighted by Crippen LogP contribution is -3.05. The van der Waals surface area contributed by atoms with Crippen LogP contribution in [0.1, 0.15) is 90.0 Å². The second kappa shape index (κ2) is 4.09. The normalized spacial score (nSPS) is 58.7. The van der Waals surface area contributed by atoms with Crippen molar-refractivity contribution < 1.29 is 0 Å². The van der Waals surface area contributed by atoms with Gasteiger partial charge in [0, 0.05) is 21.7 Å². The maximum absolute atomic E-state index is 2.67. The van der Waals surface area contributed by atoms with Gasteiger partial charge in [0.05, 0.1) is 22.0 Å². The molecule has 4 atom stereocenters. The van der Waals surface area contributed by atoms with Crippen LogP contribution in [0.3, 0.4) is 0 Å². The summed E-state index contributed by atoms with van der Waals surface area (Å²) in [7, 11) is -0.622. The summed E-state index contributed by atoms with van der Waals surface area (Å²) in [6.07, 6.45) is 1.57. The molecular formula is C22H42P4+2. The molecule has 6 aliphatic heterocycles. The molecule has 26 heavy (non-hydrogen) atoms. The highest BCUT2D eigenvalue weighted by atomic mass is 31.5. The first-order valence-electron chi connectivity index (χ1n) is 10.8. The Hall–Kier alpha value is 1.72. The van der Waals surface area contributed by atoms with Gasteiger partial charge in [0.25, 0.3) is 0 Å². The Morgan fingerprint density at radius 1 is 0.654 bits per heavy atom. The van der Waals surface area contributed by atoms with Crippen molar-refractivity contribution in [3.63, 3.8) is 0 Å². The van der Waals surface area contributed by atoms with E-state index in [0.29, 0.717) is 21.7 Å². The van der Waals surface area contributed by atoms with Crippen molar-refractivity contribution in [2.75, 3.05) is 6.16 Å². The zero-order chi connectivity index (χ0) is 19.9. The maximum Gasteiger partial charge on any atom is 0.215 e. The largest absolute Gasteiger partial charge is 0.215 e. The standard InChI is InChI=1S/C22H41P4/c1-14-26-20(16(5,6)7)23-19(15(2,3)4)24(20)22(26,18(11,12)13)25(19)21(23,26)17(8,9)10/h14H2,1-13H3/q+1/p+1. The molecule has 0 spiro atoms. The van der Waals surface area contributed by atoms with Crippen molar-refractivity contribution in [3.8, 4) is 0 Å². The molecule has 6 saturated heterocycles. The minimum Gasteiger partial charge on any atom is -0.0554 e. The molecule has 0 amide bonds. The highest BCUT2D eigenvalue weighted by Gasteiger charge is 3.41. The average molecular weight is 430 g/mol. The zero-order valence-electron chi connectivity index (χ0n) is 19.5. The van der Waals surface area contributed by atoms with Gasteiger partial charge in [0.15, 0.2) is 9.28 Å². The molecule has 6 fully saturated rings. The summed E-state index contributed by atoms with van der Waals surface area (Å²) in [5.74, 6) is 0. The van der Waals surface area contributed by atoms with Gasteiger partial charge in [-0.3, -0.25) is 0 Å². The van der Waals surface area contributed by atoms with Gasteiger partial charge in [0.2, 0.25) is 9.28 Å². The third kappa shape index (κ3) is 1.06. The van der Waals surface area contributed by atoms with Crippen molar-refractivity contribution in [2.45, 2.75) is 109 Å². The smallest absolute Gasteiger partial charge is 0.0554 e. The van der Waals surface area contributed by atoms with Crippen molar-refractivity contribution in [1.29, 1.82) is 0 Å². The fourth-order valence-corrected chi connectivity index (χ4v) is 70.8. The summed E-state index contributed by atoms with van der Waals surface area (Å²) in [5.41, 5.74) is 2.26. The van der Waals surface area contributed by atoms with Crippen molar-refractivity contribution in [1.82, 2.24) is 0 Å². The predicted molar refractivity (Wildman–Crippen MR) is 128 cm³/mol. The Balaban J connectivity index is 1.83. The van der Waals surface area contributed by atoms with E-state index in [4.69, 9.17) is 0 Å². The van der Waals surface area contributed by atoms with Gasteiger partial charge >= 0.3 is 0 Å². The molecule has 0 radical (unpaired) electrons. The van der Waals surface area contributed by atoms with Crippen LogP contribution in [0.15, 0.2) is 0 Å². The molecule has 0 aliphatic carbocycles. The van der Waals surface area contributed by atoms with E-state index in [0.717, 1.165) is 18.6 Å². The molecule has 4 unspecified atom stereocenters. The Labute approximate surface area is 167 Å². The molecule has 6 aliphatic rings. The zero-order valence-corrected chi connectivity index (χ0v) is 23.2. The van der Waals surface area contributed by atoms with Crippen molar-refractivity contribution in [2.24, 2.45) is 21.7 Å². The minimum absolute atomic E-state index is 0.250. The van der Waals surface area contributed by atoms with E-state index in [-0.39, 0.29) is 23.8 Å². The lowest BCUT2D eigenvalue weighted by Gasteiger charge is -3.13. The van der Waals surface area contributed by atoms with Crippen molar-refractivity contribution >= 4 is 31.0 Å². The first kappa shape index (κ1) is 19.7. The summed E-state index contributed by atoms with van der Waals surface area (Å²) in [6, 6.07) is 0. The lowest BCUT2D eigenvalue weighted by atomic mass is 9.95. The summed E-state index contributed by atoms with van der Waals surface area (Å²) < 4.78 is 3.58.